The molecule has 0 bridgehead atoms. The van der Waals surface area contributed by atoms with Gasteiger partial charge in [-0.15, -0.1) is 0 Å². The molecule has 0 unspecified atom stereocenters. The van der Waals surface area contributed by atoms with Gasteiger partial charge in [0.05, 0.1) is 0 Å². The molecule has 0 spiro atoms. The number of hydrogen-bond acceptors (Lipinski definition) is 0. The van der Waals surface area contributed by atoms with E-state index in [0.29, 0.717) is 0 Å². The molecule has 0 fully saturated rings. The summed E-state index contributed by atoms with van der Waals surface area (Å²) in [5, 5.41) is 0. The van der Waals surface area contributed by atoms with Crippen LogP contribution in [0.3, 0.4) is 0 Å². The molecule has 0 aliphatic rings. The third-order valence-electron chi connectivity index (χ3n) is 1.23. The minimum atomic E-state index is 1.03. The van der Waals surface area contributed by atoms with Gasteiger partial charge >= 0.3 is 0 Å². The second kappa shape index (κ2) is 6.09. The highest BCUT2D eigenvalue weighted by molar-refractivity contribution is 5.22. The predicted molar refractivity (Wildman–Crippen MR) is 47.9 cm³/mol. The molecule has 0 aromatic carbocycles. The average molecular weight is 134 g/mol. The lowest BCUT2D eigenvalue weighted by Crippen LogP contribution is -1.69. The third kappa shape index (κ3) is 3.90. The lowest BCUT2D eigenvalue weighted by molar-refractivity contribution is 1.15. The SMILES string of the molecule is C=C/C=C\C=C(/C=C)CC. The van der Waals surface area contributed by atoms with Crippen LogP contribution in [0.5, 0.6) is 0 Å². The molecular formula is C10H14. The van der Waals surface area contributed by atoms with Crippen molar-refractivity contribution in [3.05, 3.63) is 49.1 Å². The van der Waals surface area contributed by atoms with Crippen molar-refractivity contribution >= 4 is 0 Å². The maximum absolute atomic E-state index is 3.68. The quantitative estimate of drug-likeness (QED) is 0.518. The first-order valence-electron chi connectivity index (χ1n) is 3.45. The normalized spacial score (nSPS) is 11.9. The molecule has 0 radical (unpaired) electrons. The Labute approximate surface area is 63.3 Å². The van der Waals surface area contributed by atoms with Crippen LogP contribution in [0.4, 0.5) is 0 Å². The molecule has 0 aromatic heterocycles. The Morgan fingerprint density at radius 1 is 1.30 bits per heavy atom. The van der Waals surface area contributed by atoms with Crippen LogP contribution in [0, 0.1) is 0 Å². The van der Waals surface area contributed by atoms with E-state index in [0.717, 1.165) is 6.42 Å². The highest BCUT2D eigenvalue weighted by Crippen LogP contribution is 2.00. The topological polar surface area (TPSA) is 0 Å². The lowest BCUT2D eigenvalue weighted by atomic mass is 10.2. The van der Waals surface area contributed by atoms with Gasteiger partial charge < -0.3 is 0 Å². The van der Waals surface area contributed by atoms with E-state index in [2.05, 4.69) is 20.1 Å². The number of hydrogen-bond donors (Lipinski definition) is 0. The summed E-state index contributed by atoms with van der Waals surface area (Å²) in [5.74, 6) is 0. The zero-order chi connectivity index (χ0) is 7.82. The maximum atomic E-state index is 3.68. The molecule has 0 amide bonds. The summed E-state index contributed by atoms with van der Waals surface area (Å²) in [4.78, 5) is 0. The van der Waals surface area contributed by atoms with E-state index < -0.39 is 0 Å². The van der Waals surface area contributed by atoms with Crippen molar-refractivity contribution in [2.45, 2.75) is 13.3 Å². The fourth-order valence-electron chi connectivity index (χ4n) is 0.588. The Morgan fingerprint density at radius 3 is 2.40 bits per heavy atom. The maximum Gasteiger partial charge on any atom is -0.0308 e. The van der Waals surface area contributed by atoms with Gasteiger partial charge in [-0.25, -0.2) is 0 Å². The molecule has 0 heterocycles. The van der Waals surface area contributed by atoms with E-state index in [1.807, 2.05) is 24.3 Å². The molecule has 54 valence electrons. The molecular weight excluding hydrogens is 120 g/mol. The minimum Gasteiger partial charge on any atom is -0.0991 e. The average Bonchev–Trinajstić information content (AvgIpc) is 1.99. The zero-order valence-electron chi connectivity index (χ0n) is 6.51. The first-order chi connectivity index (χ1) is 4.85. The van der Waals surface area contributed by atoms with Crippen LogP contribution in [-0.2, 0) is 0 Å². The van der Waals surface area contributed by atoms with Crippen molar-refractivity contribution in [3.8, 4) is 0 Å². The van der Waals surface area contributed by atoms with Gasteiger partial charge in [-0.3, -0.25) is 0 Å². The molecule has 0 N–H and O–H groups in total. The van der Waals surface area contributed by atoms with Gasteiger partial charge in [0.1, 0.15) is 0 Å². The van der Waals surface area contributed by atoms with E-state index in [4.69, 9.17) is 0 Å². The van der Waals surface area contributed by atoms with Crippen LogP contribution in [0.2, 0.25) is 0 Å². The van der Waals surface area contributed by atoms with Crippen molar-refractivity contribution in [2.75, 3.05) is 0 Å². The molecule has 0 nitrogen and oxygen atoms in total. The van der Waals surface area contributed by atoms with Gasteiger partial charge in [0.15, 0.2) is 0 Å². The van der Waals surface area contributed by atoms with Gasteiger partial charge in [0.25, 0.3) is 0 Å². The van der Waals surface area contributed by atoms with Crippen LogP contribution in [0.15, 0.2) is 49.1 Å². The second-order valence-corrected chi connectivity index (χ2v) is 1.92. The van der Waals surface area contributed by atoms with E-state index in [9.17, 15) is 0 Å². The van der Waals surface area contributed by atoms with Crippen LogP contribution < -0.4 is 0 Å². The molecule has 0 aliphatic carbocycles. The highest BCUT2D eigenvalue weighted by atomic mass is 13.9. The van der Waals surface area contributed by atoms with Gasteiger partial charge in [0, 0.05) is 0 Å². The summed E-state index contributed by atoms with van der Waals surface area (Å²) < 4.78 is 0. The molecule has 0 heteroatoms. The Morgan fingerprint density at radius 2 is 2.00 bits per heavy atom. The zero-order valence-corrected chi connectivity index (χ0v) is 6.51. The molecule has 0 saturated carbocycles. The van der Waals surface area contributed by atoms with Crippen LogP contribution in [-0.4, -0.2) is 0 Å². The summed E-state index contributed by atoms with van der Waals surface area (Å²) in [7, 11) is 0. The van der Waals surface area contributed by atoms with E-state index in [-0.39, 0.29) is 0 Å². The van der Waals surface area contributed by atoms with Crippen molar-refractivity contribution in [2.24, 2.45) is 0 Å². The molecule has 0 rings (SSSR count). The molecule has 0 aliphatic heterocycles. The van der Waals surface area contributed by atoms with Crippen LogP contribution >= 0.6 is 0 Å². The van der Waals surface area contributed by atoms with Crippen molar-refractivity contribution in [1.82, 2.24) is 0 Å². The molecule has 0 atom stereocenters. The predicted octanol–water partition coefficient (Wildman–Crippen LogP) is 3.25. The highest BCUT2D eigenvalue weighted by Gasteiger charge is 1.80. The van der Waals surface area contributed by atoms with E-state index in [1.165, 1.54) is 5.57 Å². The Kier molecular flexibility index (Phi) is 5.45. The summed E-state index contributed by atoms with van der Waals surface area (Å²) >= 11 is 0. The van der Waals surface area contributed by atoms with Crippen LogP contribution in [0.1, 0.15) is 13.3 Å². The summed E-state index contributed by atoms with van der Waals surface area (Å²) in [6.07, 6.45) is 10.6. The van der Waals surface area contributed by atoms with Crippen LogP contribution in [0.25, 0.3) is 0 Å². The van der Waals surface area contributed by atoms with Gasteiger partial charge in [-0.1, -0.05) is 50.5 Å². The summed E-state index contributed by atoms with van der Waals surface area (Å²) in [6, 6.07) is 0. The fraction of sp³-hybridized carbons (Fsp3) is 0.200. The first-order valence-corrected chi connectivity index (χ1v) is 3.45. The van der Waals surface area contributed by atoms with Crippen molar-refractivity contribution in [1.29, 1.82) is 0 Å². The Hall–Kier alpha value is -1.04. The van der Waals surface area contributed by atoms with E-state index in [1.54, 1.807) is 6.08 Å². The number of rotatable bonds is 4. The van der Waals surface area contributed by atoms with Crippen molar-refractivity contribution < 1.29 is 0 Å². The van der Waals surface area contributed by atoms with Crippen molar-refractivity contribution in [3.63, 3.8) is 0 Å². The summed E-state index contributed by atoms with van der Waals surface area (Å²) in [6.45, 7) is 9.36. The molecule has 0 saturated heterocycles. The minimum absolute atomic E-state index is 1.03. The van der Waals surface area contributed by atoms with E-state index >= 15 is 0 Å². The third-order valence-corrected chi connectivity index (χ3v) is 1.23. The lowest BCUT2D eigenvalue weighted by Gasteiger charge is -1.89. The molecule has 0 aromatic rings. The number of allylic oxidation sites excluding steroid dienone is 6. The Balaban J connectivity index is 3.97. The smallest absolute Gasteiger partial charge is 0.0308 e. The fourth-order valence-corrected chi connectivity index (χ4v) is 0.588. The first kappa shape index (κ1) is 8.96. The van der Waals surface area contributed by atoms with Gasteiger partial charge in [-0.05, 0) is 12.0 Å². The van der Waals surface area contributed by atoms with Gasteiger partial charge in [-0.2, -0.15) is 0 Å². The monoisotopic (exact) mass is 134 g/mol. The summed E-state index contributed by atoms with van der Waals surface area (Å²) in [5.41, 5.74) is 1.25. The molecule has 10 heavy (non-hydrogen) atoms. The Bertz CT molecular complexity index is 159. The second-order valence-electron chi connectivity index (χ2n) is 1.92. The van der Waals surface area contributed by atoms with Gasteiger partial charge in [0.2, 0.25) is 0 Å². The standard InChI is InChI=1S/C10H14/c1-4-7-8-9-10(5-2)6-3/h4-5,7-9H,1-2,6H2,3H3/b8-7-,10-9+. The largest absolute Gasteiger partial charge is 0.0991 e.